The summed E-state index contributed by atoms with van der Waals surface area (Å²) in [4.78, 5) is 24.5. The number of ether oxygens (including phenoxy) is 1. The lowest BCUT2D eigenvalue weighted by atomic mass is 10.1. The number of aromatic nitrogens is 6. The van der Waals surface area contributed by atoms with Crippen molar-refractivity contribution >= 4 is 5.82 Å². The van der Waals surface area contributed by atoms with Gasteiger partial charge >= 0.3 is 6.18 Å². The molecule has 1 aromatic carbocycles. The fraction of sp³-hybridized carbons (Fsp3) is 0.400. The van der Waals surface area contributed by atoms with Gasteiger partial charge in [0.15, 0.2) is 11.5 Å². The molecule has 3 aromatic heterocycles. The fourth-order valence-electron chi connectivity index (χ4n) is 5.30. The first kappa shape index (κ1) is 28.5. The van der Waals surface area contributed by atoms with Crippen molar-refractivity contribution in [2.24, 2.45) is 0 Å². The maximum Gasteiger partial charge on any atom is 0.434 e. The van der Waals surface area contributed by atoms with E-state index in [4.69, 9.17) is 14.7 Å². The number of anilines is 1. The van der Waals surface area contributed by atoms with E-state index in [2.05, 4.69) is 26.3 Å². The van der Waals surface area contributed by atoms with E-state index in [0.29, 0.717) is 54.2 Å². The predicted molar refractivity (Wildman–Crippen MR) is 152 cm³/mol. The third-order valence-corrected chi connectivity index (χ3v) is 7.62. The van der Waals surface area contributed by atoms with E-state index in [1.54, 1.807) is 19.2 Å². The smallest absolute Gasteiger partial charge is 0.434 e. The van der Waals surface area contributed by atoms with Crippen molar-refractivity contribution < 1.29 is 17.9 Å². The van der Waals surface area contributed by atoms with Crippen LogP contribution in [0.25, 0.3) is 22.8 Å². The summed E-state index contributed by atoms with van der Waals surface area (Å²) in [6.07, 6.45) is 0.0970. The fourth-order valence-corrected chi connectivity index (χ4v) is 5.30. The van der Waals surface area contributed by atoms with Crippen LogP contribution in [0.4, 0.5) is 19.0 Å². The van der Waals surface area contributed by atoms with Crippen molar-refractivity contribution in [3.8, 4) is 34.7 Å². The first-order chi connectivity index (χ1) is 20.7. The van der Waals surface area contributed by atoms with Crippen LogP contribution >= 0.6 is 0 Å². The number of fused-ring (bicyclic) bond motifs is 1. The summed E-state index contributed by atoms with van der Waals surface area (Å²) in [5.41, 5.74) is 3.88. The SMILES string of the molecule is COc1ncnc(C2CC2)c1-c1nc2c(c(NCc3ccc(-c4nc(C(F)(F)F)cn4C(C)C)cc3)n1)CN(CC#N)C2. The molecule has 6 rings (SSSR count). The lowest BCUT2D eigenvalue weighted by Gasteiger charge is -2.15. The molecule has 0 spiro atoms. The third kappa shape index (κ3) is 5.75. The van der Waals surface area contributed by atoms with Gasteiger partial charge in [-0.15, -0.1) is 0 Å². The topological polar surface area (TPSA) is 118 Å². The Morgan fingerprint density at radius 2 is 1.86 bits per heavy atom. The lowest BCUT2D eigenvalue weighted by Crippen LogP contribution is -2.16. The van der Waals surface area contributed by atoms with Gasteiger partial charge in [0.2, 0.25) is 5.88 Å². The monoisotopic (exact) mass is 589 g/mol. The molecule has 43 heavy (non-hydrogen) atoms. The molecule has 0 atom stereocenters. The number of nitrogens with one attached hydrogen (secondary N) is 1. The first-order valence-electron chi connectivity index (χ1n) is 14.0. The van der Waals surface area contributed by atoms with E-state index in [-0.39, 0.29) is 18.4 Å². The molecule has 1 aliphatic heterocycles. The van der Waals surface area contributed by atoms with Gasteiger partial charge in [-0.2, -0.15) is 18.4 Å². The minimum atomic E-state index is -4.52. The van der Waals surface area contributed by atoms with Crippen LogP contribution in [0.15, 0.2) is 36.8 Å². The average molecular weight is 590 g/mol. The Morgan fingerprint density at radius 1 is 1.09 bits per heavy atom. The molecular weight excluding hydrogens is 559 g/mol. The van der Waals surface area contributed by atoms with E-state index in [1.807, 2.05) is 30.9 Å². The minimum absolute atomic E-state index is 0.191. The second-order valence-corrected chi connectivity index (χ2v) is 11.0. The van der Waals surface area contributed by atoms with Crippen LogP contribution in [0.3, 0.4) is 0 Å². The summed E-state index contributed by atoms with van der Waals surface area (Å²) in [6, 6.07) is 9.28. The van der Waals surface area contributed by atoms with Gasteiger partial charge in [0.25, 0.3) is 0 Å². The Balaban J connectivity index is 1.30. The quantitative estimate of drug-likeness (QED) is 0.244. The molecule has 13 heteroatoms. The van der Waals surface area contributed by atoms with E-state index in [1.165, 1.54) is 10.9 Å². The van der Waals surface area contributed by atoms with Gasteiger partial charge in [-0.25, -0.2) is 24.9 Å². The van der Waals surface area contributed by atoms with Crippen LogP contribution in [0.5, 0.6) is 5.88 Å². The average Bonchev–Trinajstić information content (AvgIpc) is 3.58. The standard InChI is InChI=1S/C30H30F3N9O/c1-17(2)42-15-23(30(31,32)33)39-28(42)20-6-4-18(5-7-20)12-35-26-21-13-41(11-10-34)14-22(21)38-27(40-26)24-25(19-8-9-19)36-16-37-29(24)43-3/h4-7,15-17,19H,8-9,11-14H2,1-3H3,(H,35,38,40). The Morgan fingerprint density at radius 3 is 2.51 bits per heavy atom. The van der Waals surface area contributed by atoms with Crippen LogP contribution in [-0.4, -0.2) is 48.0 Å². The van der Waals surface area contributed by atoms with Crippen LogP contribution in [0, 0.1) is 11.3 Å². The molecule has 10 nitrogen and oxygen atoms in total. The van der Waals surface area contributed by atoms with Gasteiger partial charge < -0.3 is 14.6 Å². The summed E-state index contributed by atoms with van der Waals surface area (Å²) < 4.78 is 47.2. The van der Waals surface area contributed by atoms with Crippen LogP contribution < -0.4 is 10.1 Å². The second-order valence-electron chi connectivity index (χ2n) is 11.0. The van der Waals surface area contributed by atoms with Gasteiger partial charge in [-0.05, 0) is 32.3 Å². The lowest BCUT2D eigenvalue weighted by molar-refractivity contribution is -0.140. The van der Waals surface area contributed by atoms with Crippen LogP contribution in [-0.2, 0) is 25.8 Å². The first-order valence-corrected chi connectivity index (χ1v) is 14.0. The van der Waals surface area contributed by atoms with Crippen LogP contribution in [0.2, 0.25) is 0 Å². The zero-order valence-corrected chi connectivity index (χ0v) is 24.0. The Bertz CT molecular complexity index is 1690. The molecule has 1 N–H and O–H groups in total. The largest absolute Gasteiger partial charge is 0.480 e. The predicted octanol–water partition coefficient (Wildman–Crippen LogP) is 5.73. The minimum Gasteiger partial charge on any atom is -0.480 e. The molecule has 0 amide bonds. The number of imidazole rings is 1. The summed E-state index contributed by atoms with van der Waals surface area (Å²) in [6.45, 7) is 5.35. The van der Waals surface area contributed by atoms with Crippen molar-refractivity contribution in [2.75, 3.05) is 19.0 Å². The summed E-state index contributed by atoms with van der Waals surface area (Å²) in [7, 11) is 1.56. The molecule has 1 saturated carbocycles. The normalized spacial score (nSPS) is 15.0. The maximum absolute atomic E-state index is 13.4. The maximum atomic E-state index is 13.4. The van der Waals surface area contributed by atoms with Crippen molar-refractivity contribution in [3.05, 3.63) is 65.0 Å². The zero-order valence-electron chi connectivity index (χ0n) is 24.0. The molecule has 0 radical (unpaired) electrons. The molecule has 0 saturated heterocycles. The zero-order chi connectivity index (χ0) is 30.3. The van der Waals surface area contributed by atoms with Gasteiger partial charge in [-0.3, -0.25) is 4.90 Å². The number of benzene rings is 1. The summed E-state index contributed by atoms with van der Waals surface area (Å²) in [5.74, 6) is 2.10. The van der Waals surface area contributed by atoms with Gasteiger partial charge in [0, 0.05) is 48.9 Å². The van der Waals surface area contributed by atoms with Crippen molar-refractivity contribution in [1.82, 2.24) is 34.4 Å². The number of rotatable bonds is 9. The van der Waals surface area contributed by atoms with E-state index < -0.39 is 11.9 Å². The molecule has 2 aliphatic rings. The summed E-state index contributed by atoms with van der Waals surface area (Å²) >= 11 is 0. The molecule has 1 fully saturated rings. The molecule has 4 aromatic rings. The highest BCUT2D eigenvalue weighted by Crippen LogP contribution is 2.45. The number of nitrogens with zero attached hydrogens (tertiary/aromatic N) is 8. The number of hydrogen-bond acceptors (Lipinski definition) is 9. The van der Waals surface area contributed by atoms with E-state index in [0.717, 1.165) is 41.6 Å². The molecule has 0 bridgehead atoms. The van der Waals surface area contributed by atoms with Crippen LogP contribution in [0.1, 0.15) is 66.9 Å². The Labute approximate surface area is 246 Å². The number of nitriles is 1. The Hall–Kier alpha value is -4.57. The molecule has 222 valence electrons. The van der Waals surface area contributed by atoms with E-state index >= 15 is 0 Å². The number of alkyl halides is 3. The molecule has 0 unspecified atom stereocenters. The highest BCUT2D eigenvalue weighted by Gasteiger charge is 2.36. The third-order valence-electron chi connectivity index (χ3n) is 7.62. The molecular formula is C30H30F3N9O. The van der Waals surface area contributed by atoms with Gasteiger partial charge in [-0.1, -0.05) is 24.3 Å². The highest BCUT2D eigenvalue weighted by molar-refractivity contribution is 5.68. The number of methoxy groups -OCH3 is 1. The summed E-state index contributed by atoms with van der Waals surface area (Å²) in [5, 5.41) is 12.7. The Kier molecular flexibility index (Phi) is 7.47. The van der Waals surface area contributed by atoms with E-state index in [9.17, 15) is 18.4 Å². The van der Waals surface area contributed by atoms with Gasteiger partial charge in [0.05, 0.1) is 31.1 Å². The van der Waals surface area contributed by atoms with Crippen molar-refractivity contribution in [2.45, 2.75) is 64.5 Å². The van der Waals surface area contributed by atoms with Gasteiger partial charge in [0.1, 0.15) is 23.5 Å². The molecule has 1 aliphatic carbocycles. The van der Waals surface area contributed by atoms with Crippen molar-refractivity contribution in [3.63, 3.8) is 0 Å². The highest BCUT2D eigenvalue weighted by atomic mass is 19.4. The number of hydrogen-bond donors (Lipinski definition) is 1. The number of halogens is 3. The van der Waals surface area contributed by atoms with Crippen molar-refractivity contribution in [1.29, 1.82) is 5.26 Å². The molecule has 4 heterocycles. The second kappa shape index (κ2) is 11.3.